The first-order valence-corrected chi connectivity index (χ1v) is 9.38. The van der Waals surface area contributed by atoms with Crippen molar-refractivity contribution in [1.29, 1.82) is 0 Å². The third kappa shape index (κ3) is 5.36. The van der Waals surface area contributed by atoms with Gasteiger partial charge >= 0.3 is 5.97 Å². The number of nitrogens with zero attached hydrogens (tertiary/aromatic N) is 2. The largest absolute Gasteiger partial charge is 0.422 e. The van der Waals surface area contributed by atoms with Crippen molar-refractivity contribution in [2.75, 3.05) is 0 Å². The van der Waals surface area contributed by atoms with Crippen LogP contribution in [0.3, 0.4) is 0 Å². The monoisotopic (exact) mass is 467 g/mol. The second-order valence-electron chi connectivity index (χ2n) is 5.94. The van der Waals surface area contributed by atoms with E-state index < -0.39 is 16.8 Å². The summed E-state index contributed by atoms with van der Waals surface area (Å²) in [4.78, 5) is 34.6. The lowest BCUT2D eigenvalue weighted by Crippen LogP contribution is -2.17. The van der Waals surface area contributed by atoms with Gasteiger partial charge in [0.05, 0.1) is 16.7 Å². The minimum atomic E-state index is -0.550. The van der Waals surface area contributed by atoms with E-state index in [9.17, 15) is 19.7 Å². The van der Waals surface area contributed by atoms with E-state index in [2.05, 4.69) is 26.5 Å². The average Bonchev–Trinajstić information content (AvgIpc) is 2.76. The molecule has 0 bridgehead atoms. The van der Waals surface area contributed by atoms with Gasteiger partial charge in [0.25, 0.3) is 11.6 Å². The third-order valence-electron chi connectivity index (χ3n) is 3.89. The van der Waals surface area contributed by atoms with Crippen molar-refractivity contribution in [3.63, 3.8) is 0 Å². The molecule has 30 heavy (non-hydrogen) atoms. The molecule has 0 unspecified atom stereocenters. The van der Waals surface area contributed by atoms with Gasteiger partial charge in [-0.1, -0.05) is 34.1 Å². The lowest BCUT2D eigenvalue weighted by Gasteiger charge is -2.08. The van der Waals surface area contributed by atoms with Gasteiger partial charge < -0.3 is 4.74 Å². The van der Waals surface area contributed by atoms with Gasteiger partial charge in [-0.25, -0.2) is 10.2 Å². The SMILES string of the molecule is O=C(N/N=C\c1cc(Br)ccc1OC(=O)c1ccccc1)c1ccc([N+](=O)[O-])cc1. The number of hydrogen-bond acceptors (Lipinski definition) is 6. The molecule has 3 aromatic rings. The Hall–Kier alpha value is -3.85. The molecule has 0 spiro atoms. The van der Waals surface area contributed by atoms with Crippen LogP contribution in [-0.4, -0.2) is 23.0 Å². The van der Waals surface area contributed by atoms with Crippen molar-refractivity contribution >= 4 is 39.7 Å². The average molecular weight is 468 g/mol. The first-order valence-electron chi connectivity index (χ1n) is 8.58. The van der Waals surface area contributed by atoms with Crippen molar-refractivity contribution in [2.24, 2.45) is 5.10 Å². The van der Waals surface area contributed by atoms with Crippen LogP contribution in [0.15, 0.2) is 82.4 Å². The number of nitrogens with one attached hydrogen (secondary N) is 1. The van der Waals surface area contributed by atoms with E-state index >= 15 is 0 Å². The molecule has 3 rings (SSSR count). The van der Waals surface area contributed by atoms with E-state index in [4.69, 9.17) is 4.74 Å². The van der Waals surface area contributed by atoms with Crippen molar-refractivity contribution in [2.45, 2.75) is 0 Å². The molecule has 1 amide bonds. The van der Waals surface area contributed by atoms with Gasteiger partial charge in [0, 0.05) is 27.7 Å². The maximum atomic E-state index is 12.3. The van der Waals surface area contributed by atoms with Crippen LogP contribution in [0.25, 0.3) is 0 Å². The molecule has 8 nitrogen and oxygen atoms in total. The number of rotatable bonds is 6. The van der Waals surface area contributed by atoms with Crippen molar-refractivity contribution in [3.8, 4) is 5.75 Å². The molecule has 0 aromatic heterocycles. The number of carbonyl (C=O) groups is 2. The first kappa shape index (κ1) is 20.9. The fraction of sp³-hybridized carbons (Fsp3) is 0. The number of hydrazone groups is 1. The highest BCUT2D eigenvalue weighted by Gasteiger charge is 2.12. The summed E-state index contributed by atoms with van der Waals surface area (Å²) in [6.07, 6.45) is 1.33. The van der Waals surface area contributed by atoms with Gasteiger partial charge in [0.15, 0.2) is 0 Å². The van der Waals surface area contributed by atoms with E-state index in [1.54, 1.807) is 48.5 Å². The summed E-state index contributed by atoms with van der Waals surface area (Å²) in [7, 11) is 0. The minimum Gasteiger partial charge on any atom is -0.422 e. The molecule has 0 heterocycles. The molecule has 0 aliphatic carbocycles. The van der Waals surface area contributed by atoms with Crippen LogP contribution in [0.4, 0.5) is 5.69 Å². The lowest BCUT2D eigenvalue weighted by molar-refractivity contribution is -0.384. The highest BCUT2D eigenvalue weighted by Crippen LogP contribution is 2.23. The highest BCUT2D eigenvalue weighted by molar-refractivity contribution is 9.10. The van der Waals surface area contributed by atoms with Crippen molar-refractivity contribution < 1.29 is 19.2 Å². The molecular weight excluding hydrogens is 454 g/mol. The van der Waals surface area contributed by atoms with Gasteiger partial charge in [-0.15, -0.1) is 0 Å². The third-order valence-corrected chi connectivity index (χ3v) is 4.39. The van der Waals surface area contributed by atoms with Gasteiger partial charge in [-0.05, 0) is 42.5 Å². The van der Waals surface area contributed by atoms with E-state index in [1.807, 2.05) is 0 Å². The zero-order chi connectivity index (χ0) is 21.5. The summed E-state index contributed by atoms with van der Waals surface area (Å²) in [6.45, 7) is 0. The van der Waals surface area contributed by atoms with Crippen LogP contribution in [0, 0.1) is 10.1 Å². The van der Waals surface area contributed by atoms with Crippen molar-refractivity contribution in [1.82, 2.24) is 5.43 Å². The predicted octanol–water partition coefficient (Wildman–Crippen LogP) is 4.34. The Morgan fingerprint density at radius 3 is 2.37 bits per heavy atom. The number of nitro groups is 1. The Morgan fingerprint density at radius 1 is 1.00 bits per heavy atom. The van der Waals surface area contributed by atoms with Crippen LogP contribution in [-0.2, 0) is 0 Å². The standard InChI is InChI=1S/C21H14BrN3O5/c22-17-8-11-19(30-21(27)15-4-2-1-3-5-15)16(12-17)13-23-24-20(26)14-6-9-18(10-7-14)25(28)29/h1-13H,(H,24,26)/b23-13-. The van der Waals surface area contributed by atoms with E-state index in [0.717, 1.165) is 4.47 Å². The van der Waals surface area contributed by atoms with Crippen LogP contribution in [0.2, 0.25) is 0 Å². The molecule has 0 radical (unpaired) electrons. The summed E-state index contributed by atoms with van der Waals surface area (Å²) in [6, 6.07) is 18.6. The van der Waals surface area contributed by atoms with Gasteiger partial charge in [0.1, 0.15) is 5.75 Å². The molecule has 150 valence electrons. The quantitative estimate of drug-likeness (QED) is 0.190. The minimum absolute atomic E-state index is 0.117. The lowest BCUT2D eigenvalue weighted by atomic mass is 10.2. The van der Waals surface area contributed by atoms with E-state index in [1.165, 1.54) is 30.5 Å². The second kappa shape index (κ2) is 9.57. The first-order chi connectivity index (χ1) is 14.4. The summed E-state index contributed by atoms with van der Waals surface area (Å²) < 4.78 is 6.16. The van der Waals surface area contributed by atoms with Gasteiger partial charge in [-0.2, -0.15) is 5.10 Å². The Morgan fingerprint density at radius 2 is 1.70 bits per heavy atom. The Bertz CT molecular complexity index is 1120. The molecular formula is C21H14BrN3O5. The Labute approximate surface area is 179 Å². The zero-order valence-corrected chi connectivity index (χ0v) is 16.9. The van der Waals surface area contributed by atoms with Crippen molar-refractivity contribution in [3.05, 3.63) is 104 Å². The van der Waals surface area contributed by atoms with Crippen LogP contribution in [0.1, 0.15) is 26.3 Å². The number of carbonyl (C=O) groups excluding carboxylic acids is 2. The summed E-state index contributed by atoms with van der Waals surface area (Å²) >= 11 is 3.34. The molecule has 1 N–H and O–H groups in total. The number of hydrogen-bond donors (Lipinski definition) is 1. The van der Waals surface area contributed by atoms with Gasteiger partial charge in [-0.3, -0.25) is 14.9 Å². The number of non-ortho nitro benzene ring substituents is 1. The summed E-state index contributed by atoms with van der Waals surface area (Å²) in [5, 5.41) is 14.6. The molecule has 0 saturated carbocycles. The highest BCUT2D eigenvalue weighted by atomic mass is 79.9. The molecule has 0 aliphatic heterocycles. The predicted molar refractivity (Wildman–Crippen MR) is 114 cm³/mol. The van der Waals surface area contributed by atoms with E-state index in [0.29, 0.717) is 11.1 Å². The molecule has 0 aliphatic rings. The summed E-state index contributed by atoms with van der Waals surface area (Å²) in [5.41, 5.74) is 3.28. The molecule has 9 heteroatoms. The van der Waals surface area contributed by atoms with Gasteiger partial charge in [0.2, 0.25) is 0 Å². The number of ether oxygens (including phenoxy) is 1. The number of benzene rings is 3. The molecule has 0 atom stereocenters. The Kier molecular flexibility index (Phi) is 6.66. The Balaban J connectivity index is 1.71. The fourth-order valence-corrected chi connectivity index (χ4v) is 2.78. The topological polar surface area (TPSA) is 111 Å². The second-order valence-corrected chi connectivity index (χ2v) is 6.86. The molecule has 3 aromatic carbocycles. The number of halogens is 1. The van der Waals surface area contributed by atoms with Crippen LogP contribution < -0.4 is 10.2 Å². The molecule has 0 saturated heterocycles. The zero-order valence-electron chi connectivity index (χ0n) is 15.3. The molecule has 0 fully saturated rings. The number of nitro benzene ring substituents is 1. The smallest absolute Gasteiger partial charge is 0.343 e. The van der Waals surface area contributed by atoms with E-state index in [-0.39, 0.29) is 17.0 Å². The van der Waals surface area contributed by atoms with Crippen LogP contribution in [0.5, 0.6) is 5.75 Å². The normalized spacial score (nSPS) is 10.6. The number of esters is 1. The maximum absolute atomic E-state index is 12.3. The van der Waals surface area contributed by atoms with Crippen LogP contribution >= 0.6 is 15.9 Å². The summed E-state index contributed by atoms with van der Waals surface area (Å²) in [5.74, 6) is -0.804. The fourth-order valence-electron chi connectivity index (χ4n) is 2.41. The maximum Gasteiger partial charge on any atom is 0.343 e. The number of amides is 1.